The molecular weight excluding hydrogens is 300 g/mol. The maximum absolute atomic E-state index is 12.0. The van der Waals surface area contributed by atoms with Crippen LogP contribution < -0.4 is 0 Å². The summed E-state index contributed by atoms with van der Waals surface area (Å²) in [6, 6.07) is 0. The predicted molar refractivity (Wildman–Crippen MR) is 79.1 cm³/mol. The van der Waals surface area contributed by atoms with E-state index in [1.54, 1.807) is 6.92 Å². The quantitative estimate of drug-likeness (QED) is 0.548. The van der Waals surface area contributed by atoms with E-state index in [1.807, 2.05) is 13.8 Å². The molecule has 0 aromatic heterocycles. The number of rotatable bonds is 6. The van der Waals surface area contributed by atoms with Crippen molar-refractivity contribution in [3.8, 4) is 0 Å². The molecule has 0 N–H and O–H groups in total. The van der Waals surface area contributed by atoms with Crippen LogP contribution in [-0.2, 0) is 28.6 Å². The largest absolute Gasteiger partial charge is 0.465 e. The predicted octanol–water partition coefficient (Wildman–Crippen LogP) is 1.85. The zero-order chi connectivity index (χ0) is 16.8. The zero-order valence-corrected chi connectivity index (χ0v) is 13.9. The summed E-state index contributed by atoms with van der Waals surface area (Å²) in [5, 5.41) is 0. The van der Waals surface area contributed by atoms with E-state index in [2.05, 4.69) is 0 Å². The number of fused-ring (bicyclic) bond motifs is 1. The lowest BCUT2D eigenvalue weighted by Gasteiger charge is -2.34. The van der Waals surface area contributed by atoms with Crippen molar-refractivity contribution in [1.82, 2.24) is 0 Å². The van der Waals surface area contributed by atoms with Crippen molar-refractivity contribution >= 4 is 17.9 Å². The highest BCUT2D eigenvalue weighted by atomic mass is 16.6. The summed E-state index contributed by atoms with van der Waals surface area (Å²) in [5.41, 5.74) is -0.673. The van der Waals surface area contributed by atoms with Crippen LogP contribution in [-0.4, -0.2) is 36.2 Å². The molecule has 3 rings (SSSR count). The fourth-order valence-electron chi connectivity index (χ4n) is 4.28. The average molecular weight is 324 g/mol. The first-order chi connectivity index (χ1) is 10.9. The standard InChI is InChI=1S/C17H24O6/c1-4-9(2)15(19)21-6-5-13(18)22-14-10-7-11-12(8-10)17(14,3)23-16(11)20/h9-12,14H,4-8H2,1-3H3. The second-order valence-corrected chi connectivity index (χ2v) is 7.19. The SMILES string of the molecule is CCC(C)C(=O)OCCC(=O)OC1C2CC3C(=O)OC1(C)C3C2. The lowest BCUT2D eigenvalue weighted by Crippen LogP contribution is -2.46. The maximum Gasteiger partial charge on any atom is 0.310 e. The van der Waals surface area contributed by atoms with E-state index in [0.29, 0.717) is 6.42 Å². The molecule has 6 atom stereocenters. The molecule has 0 radical (unpaired) electrons. The van der Waals surface area contributed by atoms with Gasteiger partial charge < -0.3 is 14.2 Å². The highest BCUT2D eigenvalue weighted by Gasteiger charge is 2.70. The number of carbonyl (C=O) groups excluding carboxylic acids is 3. The summed E-state index contributed by atoms with van der Waals surface area (Å²) < 4.78 is 16.2. The molecule has 6 unspecified atom stereocenters. The highest BCUT2D eigenvalue weighted by molar-refractivity contribution is 5.78. The Hall–Kier alpha value is -1.59. The lowest BCUT2D eigenvalue weighted by molar-refractivity contribution is -0.175. The Morgan fingerprint density at radius 2 is 2.13 bits per heavy atom. The molecule has 0 amide bonds. The van der Waals surface area contributed by atoms with E-state index in [0.717, 1.165) is 12.8 Å². The Bertz CT molecular complexity index is 529. The third-order valence-corrected chi connectivity index (χ3v) is 5.78. The minimum Gasteiger partial charge on any atom is -0.465 e. The third-order valence-electron chi connectivity index (χ3n) is 5.78. The van der Waals surface area contributed by atoms with Gasteiger partial charge in [-0.25, -0.2) is 0 Å². The number of ether oxygens (including phenoxy) is 3. The molecule has 0 spiro atoms. The van der Waals surface area contributed by atoms with Crippen molar-refractivity contribution in [2.75, 3.05) is 6.61 Å². The molecule has 2 saturated carbocycles. The van der Waals surface area contributed by atoms with E-state index in [-0.39, 0.29) is 54.7 Å². The third kappa shape index (κ3) is 2.62. The van der Waals surface area contributed by atoms with E-state index in [9.17, 15) is 14.4 Å². The van der Waals surface area contributed by atoms with Crippen molar-refractivity contribution in [2.45, 2.75) is 58.2 Å². The van der Waals surface area contributed by atoms with Crippen LogP contribution in [0.15, 0.2) is 0 Å². The van der Waals surface area contributed by atoms with Crippen LogP contribution in [0, 0.1) is 23.7 Å². The summed E-state index contributed by atoms with van der Waals surface area (Å²) in [6.45, 7) is 5.60. The summed E-state index contributed by atoms with van der Waals surface area (Å²) in [7, 11) is 0. The van der Waals surface area contributed by atoms with Gasteiger partial charge in [-0.3, -0.25) is 14.4 Å². The monoisotopic (exact) mass is 324 g/mol. The van der Waals surface area contributed by atoms with Crippen molar-refractivity contribution in [3.63, 3.8) is 0 Å². The molecule has 1 aliphatic heterocycles. The molecule has 1 heterocycles. The van der Waals surface area contributed by atoms with Crippen molar-refractivity contribution in [1.29, 1.82) is 0 Å². The average Bonchev–Trinajstić information content (AvgIpc) is 3.09. The molecule has 6 nitrogen and oxygen atoms in total. The van der Waals surface area contributed by atoms with Crippen molar-refractivity contribution in [2.24, 2.45) is 23.7 Å². The molecule has 1 saturated heterocycles. The Kier molecular flexibility index (Phi) is 4.10. The normalized spacial score (nSPS) is 38.3. The first-order valence-corrected chi connectivity index (χ1v) is 8.45. The van der Waals surface area contributed by atoms with Crippen LogP contribution in [0.2, 0.25) is 0 Å². The fourth-order valence-corrected chi connectivity index (χ4v) is 4.28. The van der Waals surface area contributed by atoms with E-state index in [1.165, 1.54) is 0 Å². The summed E-state index contributed by atoms with van der Waals surface area (Å²) in [6.07, 6.45) is 2.00. The van der Waals surface area contributed by atoms with Gasteiger partial charge in [0.05, 0.1) is 18.3 Å². The lowest BCUT2D eigenvalue weighted by atomic mass is 9.79. The second kappa shape index (κ2) is 5.80. The van der Waals surface area contributed by atoms with Gasteiger partial charge in [0, 0.05) is 11.8 Å². The van der Waals surface area contributed by atoms with E-state index in [4.69, 9.17) is 14.2 Å². The van der Waals surface area contributed by atoms with Crippen molar-refractivity contribution < 1.29 is 28.6 Å². The minimum absolute atomic E-state index is 0.0172. The Morgan fingerprint density at radius 3 is 2.83 bits per heavy atom. The number of esters is 3. The van der Waals surface area contributed by atoms with Gasteiger partial charge >= 0.3 is 17.9 Å². The Balaban J connectivity index is 1.50. The Labute approximate surface area is 135 Å². The van der Waals surface area contributed by atoms with Crippen LogP contribution in [0.25, 0.3) is 0 Å². The molecule has 23 heavy (non-hydrogen) atoms. The van der Waals surface area contributed by atoms with Crippen LogP contribution in [0.4, 0.5) is 0 Å². The molecule has 0 aromatic carbocycles. The van der Waals surface area contributed by atoms with Crippen LogP contribution in [0.5, 0.6) is 0 Å². The Morgan fingerprint density at radius 1 is 1.39 bits per heavy atom. The smallest absolute Gasteiger partial charge is 0.310 e. The van der Waals surface area contributed by atoms with Gasteiger partial charge in [-0.1, -0.05) is 13.8 Å². The first kappa shape index (κ1) is 16.3. The fraction of sp³-hybridized carbons (Fsp3) is 0.824. The number of hydrogen-bond acceptors (Lipinski definition) is 6. The molecule has 0 aromatic rings. The maximum atomic E-state index is 12.0. The number of hydrogen-bond donors (Lipinski definition) is 0. The van der Waals surface area contributed by atoms with Gasteiger partial charge in [-0.05, 0) is 26.2 Å². The van der Waals surface area contributed by atoms with Crippen molar-refractivity contribution in [3.05, 3.63) is 0 Å². The summed E-state index contributed by atoms with van der Waals surface area (Å²) >= 11 is 0. The molecule has 3 aliphatic rings. The van der Waals surface area contributed by atoms with E-state index >= 15 is 0 Å². The first-order valence-electron chi connectivity index (χ1n) is 8.45. The summed E-state index contributed by atoms with van der Waals surface area (Å²) in [4.78, 5) is 35.5. The van der Waals surface area contributed by atoms with Crippen LogP contribution in [0.3, 0.4) is 0 Å². The minimum atomic E-state index is -0.673. The molecule has 128 valence electrons. The van der Waals surface area contributed by atoms with Gasteiger partial charge in [0.1, 0.15) is 18.3 Å². The molecular formula is C17H24O6. The van der Waals surface area contributed by atoms with E-state index < -0.39 is 11.6 Å². The summed E-state index contributed by atoms with van der Waals surface area (Å²) in [5.74, 6) is -0.656. The topological polar surface area (TPSA) is 78.9 Å². The molecule has 3 fully saturated rings. The van der Waals surface area contributed by atoms with Gasteiger partial charge in [0.2, 0.25) is 0 Å². The van der Waals surface area contributed by atoms with Gasteiger partial charge in [-0.2, -0.15) is 0 Å². The molecule has 2 bridgehead atoms. The highest BCUT2D eigenvalue weighted by Crippen LogP contribution is 2.61. The van der Waals surface area contributed by atoms with Gasteiger partial charge in [-0.15, -0.1) is 0 Å². The van der Waals surface area contributed by atoms with Gasteiger partial charge in [0.15, 0.2) is 0 Å². The van der Waals surface area contributed by atoms with Gasteiger partial charge in [0.25, 0.3) is 0 Å². The number of carbonyl (C=O) groups is 3. The van der Waals surface area contributed by atoms with Crippen LogP contribution >= 0.6 is 0 Å². The molecule has 6 heteroatoms. The van der Waals surface area contributed by atoms with Crippen LogP contribution in [0.1, 0.15) is 46.5 Å². The zero-order valence-electron chi connectivity index (χ0n) is 13.9. The molecule has 2 aliphatic carbocycles. The second-order valence-electron chi connectivity index (χ2n) is 7.19.